The summed E-state index contributed by atoms with van der Waals surface area (Å²) in [6, 6.07) is 5.79. The van der Waals surface area contributed by atoms with Crippen molar-refractivity contribution < 1.29 is 26.5 Å². The van der Waals surface area contributed by atoms with Gasteiger partial charge >= 0.3 is 6.18 Å². The van der Waals surface area contributed by atoms with Crippen molar-refractivity contribution in [2.75, 3.05) is 31.8 Å². The zero-order valence-electron chi connectivity index (χ0n) is 17.4. The number of alkyl halides is 3. The largest absolute Gasteiger partial charge is 0.421 e. The standard InChI is InChI=1S/C19H25F3N6O2S/c1-23-31(29,30)13-9-7-12(8-10-13)25-18-24-11-14(19(20,21)22)17(27-18)26-15-5-4-6-16(15)28(2)3/h7-11,15-16,23H,4-6H2,1-3H3,(H2,24,25,26,27)/p+1/t15-,16-/m1/s1. The maximum atomic E-state index is 13.5. The van der Waals surface area contributed by atoms with E-state index in [1.165, 1.54) is 36.2 Å². The van der Waals surface area contributed by atoms with Crippen LogP contribution in [0.25, 0.3) is 0 Å². The Balaban J connectivity index is 1.86. The Kier molecular flexibility index (Phi) is 6.72. The molecule has 4 N–H and O–H groups in total. The number of nitrogens with one attached hydrogen (secondary N) is 4. The Morgan fingerprint density at radius 1 is 1.13 bits per heavy atom. The molecule has 1 aromatic carbocycles. The Morgan fingerprint density at radius 2 is 1.81 bits per heavy atom. The van der Waals surface area contributed by atoms with E-state index in [9.17, 15) is 21.6 Å². The second kappa shape index (κ2) is 8.97. The van der Waals surface area contributed by atoms with Gasteiger partial charge in [0.25, 0.3) is 0 Å². The molecule has 0 aliphatic heterocycles. The van der Waals surface area contributed by atoms with Gasteiger partial charge in [0.2, 0.25) is 16.0 Å². The lowest BCUT2D eigenvalue weighted by atomic mass is 10.1. The van der Waals surface area contributed by atoms with Crippen LogP contribution in [0.2, 0.25) is 0 Å². The Hall–Kier alpha value is -2.44. The van der Waals surface area contributed by atoms with E-state index in [1.54, 1.807) is 0 Å². The molecule has 1 saturated carbocycles. The number of aromatic nitrogens is 2. The molecule has 0 amide bonds. The lowest BCUT2D eigenvalue weighted by Gasteiger charge is -2.25. The predicted molar refractivity (Wildman–Crippen MR) is 111 cm³/mol. The summed E-state index contributed by atoms with van der Waals surface area (Å²) in [4.78, 5) is 9.12. The molecule has 1 aromatic heterocycles. The number of quaternary nitrogens is 1. The van der Waals surface area contributed by atoms with E-state index in [2.05, 4.69) is 25.3 Å². The monoisotopic (exact) mass is 459 g/mol. The molecule has 31 heavy (non-hydrogen) atoms. The highest BCUT2D eigenvalue weighted by molar-refractivity contribution is 7.89. The van der Waals surface area contributed by atoms with Gasteiger partial charge in [0.05, 0.1) is 25.0 Å². The summed E-state index contributed by atoms with van der Waals surface area (Å²) < 4.78 is 66.4. The molecule has 12 heteroatoms. The minimum Gasteiger partial charge on any atom is -0.361 e. The van der Waals surface area contributed by atoms with Crippen LogP contribution in [-0.4, -0.2) is 51.6 Å². The lowest BCUT2D eigenvalue weighted by molar-refractivity contribution is -0.885. The van der Waals surface area contributed by atoms with Gasteiger partial charge in [0.15, 0.2) is 0 Å². The first-order valence-corrected chi connectivity index (χ1v) is 11.3. The topological polar surface area (TPSA) is 100 Å². The summed E-state index contributed by atoms with van der Waals surface area (Å²) in [5.41, 5.74) is -0.481. The van der Waals surface area contributed by atoms with Crippen LogP contribution in [0.5, 0.6) is 0 Å². The van der Waals surface area contributed by atoms with E-state index in [4.69, 9.17) is 0 Å². The van der Waals surface area contributed by atoms with Crippen molar-refractivity contribution in [1.82, 2.24) is 14.7 Å². The molecule has 1 heterocycles. The summed E-state index contributed by atoms with van der Waals surface area (Å²) in [7, 11) is 1.69. The molecule has 0 unspecified atom stereocenters. The van der Waals surface area contributed by atoms with Gasteiger partial charge in [-0.05, 0) is 44.2 Å². The molecule has 0 radical (unpaired) electrons. The average molecular weight is 460 g/mol. The van der Waals surface area contributed by atoms with Gasteiger partial charge in [0.1, 0.15) is 17.4 Å². The second-order valence-corrected chi connectivity index (χ2v) is 9.56. The molecule has 0 saturated heterocycles. The summed E-state index contributed by atoms with van der Waals surface area (Å²) >= 11 is 0. The van der Waals surface area contributed by atoms with Gasteiger partial charge in [-0.1, -0.05) is 0 Å². The molecule has 8 nitrogen and oxygen atoms in total. The molecule has 2 atom stereocenters. The van der Waals surface area contributed by atoms with E-state index in [-0.39, 0.29) is 28.7 Å². The van der Waals surface area contributed by atoms with E-state index in [0.29, 0.717) is 5.69 Å². The van der Waals surface area contributed by atoms with E-state index < -0.39 is 21.8 Å². The molecular weight excluding hydrogens is 433 g/mol. The van der Waals surface area contributed by atoms with Crippen LogP contribution < -0.4 is 20.3 Å². The molecule has 2 aromatic rings. The fraction of sp³-hybridized carbons (Fsp3) is 0.474. The maximum absolute atomic E-state index is 13.5. The van der Waals surface area contributed by atoms with Crippen LogP contribution >= 0.6 is 0 Å². The maximum Gasteiger partial charge on any atom is 0.421 e. The molecule has 3 rings (SSSR count). The lowest BCUT2D eigenvalue weighted by Crippen LogP contribution is -3.11. The molecular formula is C19H26F3N6O2S+. The van der Waals surface area contributed by atoms with Gasteiger partial charge in [-0.2, -0.15) is 18.2 Å². The molecule has 170 valence electrons. The third-order valence-electron chi connectivity index (χ3n) is 5.36. The Labute approximate surface area is 179 Å². The highest BCUT2D eigenvalue weighted by Gasteiger charge is 2.38. The highest BCUT2D eigenvalue weighted by atomic mass is 32.2. The molecule has 0 spiro atoms. The van der Waals surface area contributed by atoms with Crippen LogP contribution in [0.3, 0.4) is 0 Å². The number of halogens is 3. The van der Waals surface area contributed by atoms with Crippen molar-refractivity contribution in [2.45, 2.75) is 42.4 Å². The summed E-state index contributed by atoms with van der Waals surface area (Å²) in [5.74, 6) is -0.288. The zero-order valence-corrected chi connectivity index (χ0v) is 18.2. The smallest absolute Gasteiger partial charge is 0.361 e. The number of hydrogen-bond acceptors (Lipinski definition) is 6. The van der Waals surface area contributed by atoms with E-state index in [0.717, 1.165) is 25.5 Å². The highest BCUT2D eigenvalue weighted by Crippen LogP contribution is 2.35. The van der Waals surface area contributed by atoms with Gasteiger partial charge in [0, 0.05) is 18.3 Å². The van der Waals surface area contributed by atoms with Crippen molar-refractivity contribution in [3.05, 3.63) is 36.0 Å². The third kappa shape index (κ3) is 5.43. The number of hydrogen-bond donors (Lipinski definition) is 4. The third-order valence-corrected chi connectivity index (χ3v) is 6.79. The van der Waals surface area contributed by atoms with Gasteiger partial charge < -0.3 is 15.5 Å². The number of benzene rings is 1. The van der Waals surface area contributed by atoms with Gasteiger partial charge in [-0.25, -0.2) is 18.1 Å². The zero-order chi connectivity index (χ0) is 22.8. The van der Waals surface area contributed by atoms with Crippen molar-refractivity contribution >= 4 is 27.5 Å². The SMILES string of the molecule is CNS(=O)(=O)c1ccc(Nc2ncc(C(F)(F)F)c(N[C@@H]3CCC[C@H]3[NH+](C)C)n2)cc1. The fourth-order valence-electron chi connectivity index (χ4n) is 3.72. The number of likely N-dealkylation sites (N-methyl/N-ethyl adjacent to an activating group) is 1. The Morgan fingerprint density at radius 3 is 2.39 bits per heavy atom. The van der Waals surface area contributed by atoms with Crippen LogP contribution in [0.15, 0.2) is 35.4 Å². The van der Waals surface area contributed by atoms with E-state index in [1.807, 2.05) is 14.1 Å². The first kappa shape index (κ1) is 23.2. The first-order chi connectivity index (χ1) is 14.5. The van der Waals surface area contributed by atoms with Crippen molar-refractivity contribution in [3.63, 3.8) is 0 Å². The van der Waals surface area contributed by atoms with Crippen LogP contribution in [-0.2, 0) is 16.2 Å². The number of rotatable bonds is 7. The van der Waals surface area contributed by atoms with E-state index >= 15 is 0 Å². The van der Waals surface area contributed by atoms with Crippen LogP contribution in [0, 0.1) is 0 Å². The van der Waals surface area contributed by atoms with Crippen molar-refractivity contribution in [3.8, 4) is 0 Å². The second-order valence-electron chi connectivity index (χ2n) is 7.68. The van der Waals surface area contributed by atoms with Gasteiger partial charge in [-0.3, -0.25) is 0 Å². The quantitative estimate of drug-likeness (QED) is 0.502. The summed E-state index contributed by atoms with van der Waals surface area (Å²) in [6.45, 7) is 0. The van der Waals surface area contributed by atoms with Crippen LogP contribution in [0.1, 0.15) is 24.8 Å². The molecule has 1 fully saturated rings. The van der Waals surface area contributed by atoms with Gasteiger partial charge in [-0.15, -0.1) is 0 Å². The van der Waals surface area contributed by atoms with Crippen molar-refractivity contribution in [2.24, 2.45) is 0 Å². The number of nitrogens with zero attached hydrogens (tertiary/aromatic N) is 2. The Bertz CT molecular complexity index is 1010. The van der Waals surface area contributed by atoms with Crippen LogP contribution in [0.4, 0.5) is 30.6 Å². The minimum absolute atomic E-state index is 0.0218. The summed E-state index contributed by atoms with van der Waals surface area (Å²) in [5, 5.41) is 5.82. The number of sulfonamides is 1. The molecule has 1 aliphatic rings. The minimum atomic E-state index is -4.59. The molecule has 0 bridgehead atoms. The fourth-order valence-corrected chi connectivity index (χ4v) is 4.45. The van der Waals surface area contributed by atoms with Crippen molar-refractivity contribution in [1.29, 1.82) is 0 Å². The summed E-state index contributed by atoms with van der Waals surface area (Å²) in [6.07, 6.45) is -1.21. The number of anilines is 3. The first-order valence-electron chi connectivity index (χ1n) is 9.82. The average Bonchev–Trinajstić information content (AvgIpc) is 3.16. The normalized spacial score (nSPS) is 19.6. The molecule has 1 aliphatic carbocycles. The predicted octanol–water partition coefficient (Wildman–Crippen LogP) is 1.62.